The highest BCUT2D eigenvalue weighted by Gasteiger charge is 2.27. The van der Waals surface area contributed by atoms with Gasteiger partial charge in [-0.05, 0) is 18.3 Å². The molecule has 0 saturated heterocycles. The van der Waals surface area contributed by atoms with Gasteiger partial charge in [0.05, 0.1) is 12.2 Å². The van der Waals surface area contributed by atoms with Gasteiger partial charge in [0.15, 0.2) is 0 Å². The Morgan fingerprint density at radius 3 is 1.79 bits per heavy atom. The fraction of sp³-hybridized carbons (Fsp3) is 1.00. The molecule has 86 valence electrons. The summed E-state index contributed by atoms with van der Waals surface area (Å²) in [6.45, 7) is 8.25. The van der Waals surface area contributed by atoms with Crippen molar-refractivity contribution in [1.82, 2.24) is 0 Å². The minimum absolute atomic E-state index is 0.204. The van der Waals surface area contributed by atoms with Gasteiger partial charge in [0, 0.05) is 0 Å². The maximum Gasteiger partial charge on any atom is 0.0829 e. The Morgan fingerprint density at radius 2 is 1.43 bits per heavy atom. The molecule has 2 N–H and O–H groups in total. The predicted molar refractivity (Wildman–Crippen MR) is 60.2 cm³/mol. The van der Waals surface area contributed by atoms with Crippen molar-refractivity contribution in [3.8, 4) is 0 Å². The molecule has 2 nitrogen and oxygen atoms in total. The normalized spacial score (nSPS) is 18.2. The summed E-state index contributed by atoms with van der Waals surface area (Å²) in [6, 6.07) is 0. The van der Waals surface area contributed by atoms with Crippen LogP contribution < -0.4 is 0 Å². The smallest absolute Gasteiger partial charge is 0.0829 e. The van der Waals surface area contributed by atoms with Crippen LogP contribution in [0.1, 0.15) is 53.4 Å². The monoisotopic (exact) mass is 202 g/mol. The molecule has 0 aliphatic carbocycles. The van der Waals surface area contributed by atoms with Gasteiger partial charge in [0.1, 0.15) is 0 Å². The Balaban J connectivity index is 4.13. The molecule has 0 spiro atoms. The minimum atomic E-state index is -0.556. The first-order chi connectivity index (χ1) is 6.58. The van der Waals surface area contributed by atoms with Crippen LogP contribution in [0.2, 0.25) is 0 Å². The second kappa shape index (κ2) is 7.24. The summed E-state index contributed by atoms with van der Waals surface area (Å²) in [6.07, 6.45) is 2.82. The largest absolute Gasteiger partial charge is 0.390 e. The van der Waals surface area contributed by atoms with Crippen molar-refractivity contribution < 1.29 is 10.2 Å². The summed E-state index contributed by atoms with van der Waals surface area (Å²) in [7, 11) is 0. The molecule has 0 rings (SSSR count). The van der Waals surface area contributed by atoms with E-state index in [0.29, 0.717) is 0 Å². The first kappa shape index (κ1) is 13.9. The lowest BCUT2D eigenvalue weighted by molar-refractivity contribution is -0.0472. The van der Waals surface area contributed by atoms with E-state index in [4.69, 9.17) is 0 Å². The summed E-state index contributed by atoms with van der Waals surface area (Å²) in [5.41, 5.74) is 0. The molecule has 0 heterocycles. The molecule has 0 radical (unpaired) electrons. The molecule has 0 aliphatic rings. The SMILES string of the molecule is CCCC(C)C(O)C(O)C(CC)CC. The highest BCUT2D eigenvalue weighted by molar-refractivity contribution is 4.78. The molecule has 0 aromatic carbocycles. The van der Waals surface area contributed by atoms with Crippen molar-refractivity contribution in [1.29, 1.82) is 0 Å². The van der Waals surface area contributed by atoms with Crippen molar-refractivity contribution >= 4 is 0 Å². The second-order valence-electron chi connectivity index (χ2n) is 4.32. The third-order valence-corrected chi connectivity index (χ3v) is 3.21. The van der Waals surface area contributed by atoms with Crippen molar-refractivity contribution in [3.05, 3.63) is 0 Å². The zero-order valence-electron chi connectivity index (χ0n) is 10.0. The summed E-state index contributed by atoms with van der Waals surface area (Å²) in [5, 5.41) is 19.8. The molecular formula is C12H26O2. The molecule has 3 unspecified atom stereocenters. The quantitative estimate of drug-likeness (QED) is 0.666. The van der Waals surface area contributed by atoms with Gasteiger partial charge in [-0.25, -0.2) is 0 Å². The van der Waals surface area contributed by atoms with E-state index in [9.17, 15) is 10.2 Å². The standard InChI is InChI=1S/C12H26O2/c1-5-8-9(4)11(13)12(14)10(6-2)7-3/h9-14H,5-8H2,1-4H3. The van der Waals surface area contributed by atoms with Crippen LogP contribution >= 0.6 is 0 Å². The van der Waals surface area contributed by atoms with Crippen LogP contribution in [0.25, 0.3) is 0 Å². The van der Waals surface area contributed by atoms with E-state index in [-0.39, 0.29) is 11.8 Å². The van der Waals surface area contributed by atoms with E-state index >= 15 is 0 Å². The molecule has 0 bridgehead atoms. The van der Waals surface area contributed by atoms with Crippen molar-refractivity contribution in [2.75, 3.05) is 0 Å². The van der Waals surface area contributed by atoms with E-state index in [2.05, 4.69) is 20.8 Å². The van der Waals surface area contributed by atoms with Crippen LogP contribution in [-0.2, 0) is 0 Å². The lowest BCUT2D eigenvalue weighted by Gasteiger charge is -2.29. The molecule has 0 aromatic heterocycles. The maximum absolute atomic E-state index is 9.92. The van der Waals surface area contributed by atoms with Gasteiger partial charge >= 0.3 is 0 Å². The predicted octanol–water partition coefficient (Wildman–Crippen LogP) is 2.58. The minimum Gasteiger partial charge on any atom is -0.390 e. The van der Waals surface area contributed by atoms with Gasteiger partial charge < -0.3 is 10.2 Å². The number of aliphatic hydroxyl groups is 2. The van der Waals surface area contributed by atoms with Crippen molar-refractivity contribution in [3.63, 3.8) is 0 Å². The van der Waals surface area contributed by atoms with Gasteiger partial charge in [-0.15, -0.1) is 0 Å². The fourth-order valence-corrected chi connectivity index (χ4v) is 2.01. The van der Waals surface area contributed by atoms with Crippen LogP contribution in [0.3, 0.4) is 0 Å². The summed E-state index contributed by atoms with van der Waals surface area (Å²) in [4.78, 5) is 0. The van der Waals surface area contributed by atoms with Gasteiger partial charge in [-0.3, -0.25) is 0 Å². The molecule has 2 heteroatoms. The van der Waals surface area contributed by atoms with Gasteiger partial charge in [0.2, 0.25) is 0 Å². The Kier molecular flexibility index (Phi) is 7.20. The Bertz CT molecular complexity index is 132. The van der Waals surface area contributed by atoms with Crippen molar-refractivity contribution in [2.24, 2.45) is 11.8 Å². The summed E-state index contributed by atoms with van der Waals surface area (Å²) < 4.78 is 0. The number of aliphatic hydroxyl groups excluding tert-OH is 2. The first-order valence-electron chi connectivity index (χ1n) is 5.94. The zero-order chi connectivity index (χ0) is 11.1. The second-order valence-corrected chi connectivity index (χ2v) is 4.32. The Morgan fingerprint density at radius 1 is 0.929 bits per heavy atom. The van der Waals surface area contributed by atoms with E-state index in [1.165, 1.54) is 0 Å². The van der Waals surface area contributed by atoms with Crippen LogP contribution in [0.4, 0.5) is 0 Å². The molecule has 0 saturated carbocycles. The van der Waals surface area contributed by atoms with Gasteiger partial charge in [-0.2, -0.15) is 0 Å². The summed E-state index contributed by atoms with van der Waals surface area (Å²) in [5.74, 6) is 0.444. The fourth-order valence-electron chi connectivity index (χ4n) is 2.01. The first-order valence-corrected chi connectivity index (χ1v) is 5.94. The maximum atomic E-state index is 9.92. The van der Waals surface area contributed by atoms with Crippen LogP contribution in [0.15, 0.2) is 0 Å². The number of rotatable bonds is 7. The molecule has 0 amide bonds. The molecular weight excluding hydrogens is 176 g/mol. The lowest BCUT2D eigenvalue weighted by Crippen LogP contribution is -2.37. The summed E-state index contributed by atoms with van der Waals surface area (Å²) >= 11 is 0. The van der Waals surface area contributed by atoms with E-state index in [0.717, 1.165) is 25.7 Å². The highest BCUT2D eigenvalue weighted by Crippen LogP contribution is 2.22. The Labute approximate surface area is 88.3 Å². The van der Waals surface area contributed by atoms with Crippen LogP contribution in [0, 0.1) is 11.8 Å². The number of hydrogen-bond acceptors (Lipinski definition) is 2. The highest BCUT2D eigenvalue weighted by atomic mass is 16.3. The average Bonchev–Trinajstić information content (AvgIpc) is 2.18. The molecule has 0 aromatic rings. The topological polar surface area (TPSA) is 40.5 Å². The molecule has 0 fully saturated rings. The van der Waals surface area contributed by atoms with E-state index in [1.807, 2.05) is 6.92 Å². The van der Waals surface area contributed by atoms with Gasteiger partial charge in [-0.1, -0.05) is 47.0 Å². The van der Waals surface area contributed by atoms with Gasteiger partial charge in [0.25, 0.3) is 0 Å². The van der Waals surface area contributed by atoms with E-state index in [1.54, 1.807) is 0 Å². The van der Waals surface area contributed by atoms with Crippen molar-refractivity contribution in [2.45, 2.75) is 65.6 Å². The number of hydrogen-bond donors (Lipinski definition) is 2. The third kappa shape index (κ3) is 3.97. The molecule has 3 atom stereocenters. The Hall–Kier alpha value is -0.0800. The van der Waals surface area contributed by atoms with Crippen LogP contribution in [0.5, 0.6) is 0 Å². The average molecular weight is 202 g/mol. The molecule has 14 heavy (non-hydrogen) atoms. The van der Waals surface area contributed by atoms with E-state index < -0.39 is 12.2 Å². The lowest BCUT2D eigenvalue weighted by atomic mass is 9.86. The zero-order valence-corrected chi connectivity index (χ0v) is 10.0. The van der Waals surface area contributed by atoms with Crippen LogP contribution in [-0.4, -0.2) is 22.4 Å². The molecule has 0 aliphatic heterocycles. The third-order valence-electron chi connectivity index (χ3n) is 3.21.